The third-order valence-corrected chi connectivity index (χ3v) is 4.64. The van der Waals surface area contributed by atoms with Crippen molar-refractivity contribution in [1.82, 2.24) is 19.2 Å². The molecule has 1 amide bonds. The summed E-state index contributed by atoms with van der Waals surface area (Å²) in [7, 11) is -1.88. The van der Waals surface area contributed by atoms with Gasteiger partial charge in [0.25, 0.3) is 10.0 Å². The normalized spacial score (nSPS) is 16.3. The highest BCUT2D eigenvalue weighted by Gasteiger charge is 2.20. The zero-order valence-electron chi connectivity index (χ0n) is 10.9. The summed E-state index contributed by atoms with van der Waals surface area (Å²) in [6.07, 6.45) is 4.88. The van der Waals surface area contributed by atoms with Crippen LogP contribution >= 0.6 is 0 Å². The van der Waals surface area contributed by atoms with Gasteiger partial charge in [-0.25, -0.2) is 18.1 Å². The first-order valence-corrected chi connectivity index (χ1v) is 7.73. The monoisotopic (exact) mass is 286 g/mol. The van der Waals surface area contributed by atoms with Gasteiger partial charge in [-0.2, -0.15) is 0 Å². The summed E-state index contributed by atoms with van der Waals surface area (Å²) in [4.78, 5) is 16.9. The third kappa shape index (κ3) is 3.32. The second-order valence-electron chi connectivity index (χ2n) is 4.58. The second-order valence-corrected chi connectivity index (χ2v) is 6.29. The number of likely N-dealkylation sites (tertiary alicyclic amines) is 1. The Kier molecular flexibility index (Phi) is 4.20. The molecule has 8 heteroatoms. The van der Waals surface area contributed by atoms with Crippen molar-refractivity contribution in [3.63, 3.8) is 0 Å². The largest absolute Gasteiger partial charge is 0.343 e. The summed E-state index contributed by atoms with van der Waals surface area (Å²) >= 11 is 0. The number of nitrogens with one attached hydrogen (secondary N) is 1. The number of hydrogen-bond acceptors (Lipinski definition) is 4. The molecule has 0 aliphatic carbocycles. The van der Waals surface area contributed by atoms with Gasteiger partial charge in [0.05, 0.1) is 12.5 Å². The van der Waals surface area contributed by atoms with Crippen molar-refractivity contribution in [1.29, 1.82) is 0 Å². The van der Waals surface area contributed by atoms with E-state index in [1.165, 1.54) is 17.1 Å². The van der Waals surface area contributed by atoms with Crippen LogP contribution in [0.4, 0.5) is 0 Å². The van der Waals surface area contributed by atoms with Gasteiger partial charge >= 0.3 is 0 Å². The molecular formula is C11H18N4O3S. The first kappa shape index (κ1) is 14.0. The first-order chi connectivity index (χ1) is 9.00. The zero-order valence-corrected chi connectivity index (χ0v) is 11.7. The summed E-state index contributed by atoms with van der Waals surface area (Å²) in [6, 6.07) is 0. The maximum absolute atomic E-state index is 11.9. The minimum absolute atomic E-state index is 0.143. The lowest BCUT2D eigenvalue weighted by atomic mass is 10.4. The fourth-order valence-electron chi connectivity index (χ4n) is 2.09. The maximum Gasteiger partial charge on any atom is 0.257 e. The first-order valence-electron chi connectivity index (χ1n) is 6.24. The van der Waals surface area contributed by atoms with Crippen LogP contribution in [0.25, 0.3) is 0 Å². The number of carbonyl (C=O) groups is 1. The maximum atomic E-state index is 11.9. The van der Waals surface area contributed by atoms with Gasteiger partial charge in [-0.05, 0) is 12.8 Å². The molecule has 0 saturated carbocycles. The summed E-state index contributed by atoms with van der Waals surface area (Å²) in [5.74, 6) is 0.162. The highest BCUT2D eigenvalue weighted by molar-refractivity contribution is 7.89. The van der Waals surface area contributed by atoms with Gasteiger partial charge in [0.15, 0.2) is 5.03 Å². The van der Waals surface area contributed by atoms with Gasteiger partial charge in [0.2, 0.25) is 5.91 Å². The number of rotatable bonds is 6. The molecule has 2 rings (SSSR count). The summed E-state index contributed by atoms with van der Waals surface area (Å²) < 4.78 is 27.8. The molecule has 0 aromatic carbocycles. The van der Waals surface area contributed by atoms with E-state index in [1.54, 1.807) is 11.9 Å². The van der Waals surface area contributed by atoms with Crippen molar-refractivity contribution in [2.24, 2.45) is 7.05 Å². The van der Waals surface area contributed by atoms with Gasteiger partial charge < -0.3 is 9.47 Å². The molecule has 0 unspecified atom stereocenters. The minimum atomic E-state index is -3.51. The number of hydrogen-bond donors (Lipinski definition) is 1. The molecule has 1 aliphatic rings. The lowest BCUT2D eigenvalue weighted by molar-refractivity contribution is -0.127. The summed E-state index contributed by atoms with van der Waals surface area (Å²) in [6.45, 7) is 1.71. The molecule has 1 saturated heterocycles. The van der Waals surface area contributed by atoms with Gasteiger partial charge in [0.1, 0.15) is 0 Å². The van der Waals surface area contributed by atoms with Crippen LogP contribution < -0.4 is 4.72 Å². The van der Waals surface area contributed by atoms with E-state index in [2.05, 4.69) is 9.71 Å². The Morgan fingerprint density at radius 1 is 1.47 bits per heavy atom. The number of sulfonamides is 1. The SMILES string of the molecule is Cn1cncc1S(=O)(=O)NCCCN1CCCC1=O. The number of carbonyl (C=O) groups excluding carboxylic acids is 1. The fourth-order valence-corrected chi connectivity index (χ4v) is 3.28. The molecule has 0 radical (unpaired) electrons. The van der Waals surface area contributed by atoms with Crippen molar-refractivity contribution in [3.8, 4) is 0 Å². The summed E-state index contributed by atoms with van der Waals surface area (Å²) in [5, 5.41) is 0.143. The van der Waals surface area contributed by atoms with Gasteiger partial charge in [-0.1, -0.05) is 0 Å². The lowest BCUT2D eigenvalue weighted by Crippen LogP contribution is -2.31. The minimum Gasteiger partial charge on any atom is -0.343 e. The average Bonchev–Trinajstić information content (AvgIpc) is 2.94. The van der Waals surface area contributed by atoms with Crippen molar-refractivity contribution in [2.45, 2.75) is 24.3 Å². The van der Waals surface area contributed by atoms with Crippen LogP contribution in [-0.4, -0.2) is 48.4 Å². The van der Waals surface area contributed by atoms with Gasteiger partial charge in [-0.15, -0.1) is 0 Å². The predicted octanol–water partition coefficient (Wildman–Crippen LogP) is -0.289. The summed E-state index contributed by atoms with van der Waals surface area (Å²) in [5.41, 5.74) is 0. The van der Waals surface area contributed by atoms with E-state index in [-0.39, 0.29) is 10.9 Å². The number of imidazole rings is 1. The van der Waals surface area contributed by atoms with E-state index in [1.807, 2.05) is 0 Å². The molecule has 0 spiro atoms. The van der Waals surface area contributed by atoms with Crippen molar-refractivity contribution in [2.75, 3.05) is 19.6 Å². The van der Waals surface area contributed by atoms with Crippen molar-refractivity contribution < 1.29 is 13.2 Å². The van der Waals surface area contributed by atoms with Crippen molar-refractivity contribution in [3.05, 3.63) is 12.5 Å². The molecular weight excluding hydrogens is 268 g/mol. The van der Waals surface area contributed by atoms with Gasteiger partial charge in [0, 0.05) is 33.1 Å². The molecule has 1 aliphatic heterocycles. The molecule has 7 nitrogen and oxygen atoms in total. The Balaban J connectivity index is 1.79. The number of aryl methyl sites for hydroxylation is 1. The Hall–Kier alpha value is -1.41. The number of nitrogens with zero attached hydrogens (tertiary/aromatic N) is 3. The fraction of sp³-hybridized carbons (Fsp3) is 0.636. The van der Waals surface area contributed by atoms with Crippen molar-refractivity contribution >= 4 is 15.9 Å². The Morgan fingerprint density at radius 2 is 2.26 bits per heavy atom. The van der Waals surface area contributed by atoms with E-state index in [0.717, 1.165) is 13.0 Å². The molecule has 1 fully saturated rings. The van der Waals surface area contributed by atoms with Crippen LogP contribution in [0, 0.1) is 0 Å². The molecule has 0 bridgehead atoms. The second kappa shape index (κ2) is 5.70. The Morgan fingerprint density at radius 3 is 2.84 bits per heavy atom. The molecule has 1 N–H and O–H groups in total. The molecule has 2 heterocycles. The van der Waals surface area contributed by atoms with Crippen LogP contribution in [0.2, 0.25) is 0 Å². The highest BCUT2D eigenvalue weighted by atomic mass is 32.2. The van der Waals surface area contributed by atoms with E-state index < -0.39 is 10.0 Å². The molecule has 1 aromatic heterocycles. The zero-order chi connectivity index (χ0) is 13.9. The number of aromatic nitrogens is 2. The molecule has 106 valence electrons. The van der Waals surface area contributed by atoms with Crippen LogP contribution in [0.5, 0.6) is 0 Å². The quantitative estimate of drug-likeness (QED) is 0.728. The smallest absolute Gasteiger partial charge is 0.257 e. The van der Waals surface area contributed by atoms with E-state index in [9.17, 15) is 13.2 Å². The Bertz CT molecular complexity index is 552. The number of amides is 1. The van der Waals surface area contributed by atoms with Crippen LogP contribution in [0.1, 0.15) is 19.3 Å². The van der Waals surface area contributed by atoms with E-state index in [0.29, 0.717) is 25.9 Å². The standard InChI is InChI=1S/C11H18N4O3S/c1-14-9-12-8-11(14)19(17,18)13-5-3-7-15-6-2-4-10(15)16/h8-9,13H,2-7H2,1H3. The van der Waals surface area contributed by atoms with Gasteiger partial charge in [-0.3, -0.25) is 4.79 Å². The average molecular weight is 286 g/mol. The van der Waals surface area contributed by atoms with Crippen LogP contribution in [0.15, 0.2) is 17.6 Å². The topological polar surface area (TPSA) is 84.3 Å². The molecule has 1 aromatic rings. The lowest BCUT2D eigenvalue weighted by Gasteiger charge is -2.15. The van der Waals surface area contributed by atoms with E-state index in [4.69, 9.17) is 0 Å². The highest BCUT2D eigenvalue weighted by Crippen LogP contribution is 2.10. The molecule has 0 atom stereocenters. The van der Waals surface area contributed by atoms with Crippen LogP contribution in [0.3, 0.4) is 0 Å². The Labute approximate surface area is 112 Å². The van der Waals surface area contributed by atoms with Crippen LogP contribution in [-0.2, 0) is 21.9 Å². The third-order valence-electron chi connectivity index (χ3n) is 3.12. The predicted molar refractivity (Wildman–Crippen MR) is 68.8 cm³/mol. The molecule has 19 heavy (non-hydrogen) atoms. The van der Waals surface area contributed by atoms with E-state index >= 15 is 0 Å².